The van der Waals surface area contributed by atoms with Gasteiger partial charge in [-0.3, -0.25) is 0 Å². The number of allylic oxidation sites excluding steroid dienone is 1. The molecular formula is C13H8ClO. The molecule has 73 valence electrons. The van der Waals surface area contributed by atoms with E-state index < -0.39 is 0 Å². The van der Waals surface area contributed by atoms with Gasteiger partial charge in [0.1, 0.15) is 5.76 Å². The lowest BCUT2D eigenvalue weighted by molar-refractivity contribution is 0.554. The minimum atomic E-state index is 0.783. The highest BCUT2D eigenvalue weighted by Crippen LogP contribution is 2.36. The highest BCUT2D eigenvalue weighted by molar-refractivity contribution is 6.32. The number of hydrogen-bond donors (Lipinski definition) is 0. The van der Waals surface area contributed by atoms with Crippen LogP contribution in [-0.2, 0) is 0 Å². The first kappa shape index (κ1) is 8.81. The summed E-state index contributed by atoms with van der Waals surface area (Å²) in [4.78, 5) is 0. The third-order valence-electron chi connectivity index (χ3n) is 2.50. The van der Waals surface area contributed by atoms with Crippen molar-refractivity contribution in [3.05, 3.63) is 64.9 Å². The minimum absolute atomic E-state index is 0.783. The molecule has 0 bridgehead atoms. The van der Waals surface area contributed by atoms with Gasteiger partial charge < -0.3 is 4.42 Å². The Hall–Kier alpha value is -1.47. The molecule has 1 aliphatic rings. The Kier molecular flexibility index (Phi) is 1.93. The lowest BCUT2D eigenvalue weighted by Crippen LogP contribution is -1.80. The first-order valence-electron chi connectivity index (χ1n) is 4.73. The molecule has 2 heteroatoms. The summed E-state index contributed by atoms with van der Waals surface area (Å²) in [5, 5.41) is 0.783. The van der Waals surface area contributed by atoms with Crippen molar-refractivity contribution in [2.24, 2.45) is 0 Å². The van der Waals surface area contributed by atoms with Crippen LogP contribution in [0.3, 0.4) is 0 Å². The maximum absolute atomic E-state index is 6.10. The van der Waals surface area contributed by atoms with Crippen LogP contribution in [0.5, 0.6) is 0 Å². The SMILES string of the molecule is Clc1cccc2c1C=C(c1ccco1)[CH]2. The van der Waals surface area contributed by atoms with Crippen LogP contribution in [0.15, 0.2) is 41.0 Å². The number of benzene rings is 1. The van der Waals surface area contributed by atoms with E-state index in [0.29, 0.717) is 0 Å². The normalized spacial score (nSPS) is 13.8. The van der Waals surface area contributed by atoms with Gasteiger partial charge in [0.25, 0.3) is 0 Å². The summed E-state index contributed by atoms with van der Waals surface area (Å²) in [6.45, 7) is 0. The molecular weight excluding hydrogens is 208 g/mol. The fraction of sp³-hybridized carbons (Fsp3) is 0. The predicted molar refractivity (Wildman–Crippen MR) is 61.4 cm³/mol. The van der Waals surface area contributed by atoms with Crippen molar-refractivity contribution >= 4 is 23.3 Å². The summed E-state index contributed by atoms with van der Waals surface area (Å²) >= 11 is 6.10. The van der Waals surface area contributed by atoms with Crippen LogP contribution in [0.2, 0.25) is 5.02 Å². The molecule has 0 unspecified atom stereocenters. The minimum Gasteiger partial charge on any atom is -0.465 e. The van der Waals surface area contributed by atoms with E-state index in [1.807, 2.05) is 30.3 Å². The van der Waals surface area contributed by atoms with E-state index in [9.17, 15) is 0 Å². The van der Waals surface area contributed by atoms with Gasteiger partial charge in [0.15, 0.2) is 0 Å². The standard InChI is InChI=1S/C13H8ClO/c14-12-4-1-3-9-7-10(8-11(9)12)13-5-2-6-15-13/h1-8H. The van der Waals surface area contributed by atoms with Crippen LogP contribution >= 0.6 is 11.6 Å². The average Bonchev–Trinajstić information content (AvgIpc) is 2.86. The molecule has 1 aromatic carbocycles. The average molecular weight is 216 g/mol. The van der Waals surface area contributed by atoms with Gasteiger partial charge in [0, 0.05) is 17.0 Å². The molecule has 0 atom stereocenters. The Morgan fingerprint density at radius 3 is 2.73 bits per heavy atom. The Bertz CT molecular complexity index is 523. The summed E-state index contributed by atoms with van der Waals surface area (Å²) < 4.78 is 5.35. The number of rotatable bonds is 1. The lowest BCUT2D eigenvalue weighted by Gasteiger charge is -1.98. The molecule has 3 rings (SSSR count). The maximum atomic E-state index is 6.10. The molecule has 0 amide bonds. The van der Waals surface area contributed by atoms with E-state index in [-0.39, 0.29) is 0 Å². The van der Waals surface area contributed by atoms with Crippen molar-refractivity contribution in [2.75, 3.05) is 0 Å². The van der Waals surface area contributed by atoms with Gasteiger partial charge in [-0.05, 0) is 35.4 Å². The third kappa shape index (κ3) is 1.40. The fourth-order valence-corrected chi connectivity index (χ4v) is 2.02. The Balaban J connectivity index is 2.08. The number of fused-ring (bicyclic) bond motifs is 1. The molecule has 0 aliphatic heterocycles. The van der Waals surface area contributed by atoms with E-state index in [1.165, 1.54) is 0 Å². The lowest BCUT2D eigenvalue weighted by atomic mass is 10.1. The van der Waals surface area contributed by atoms with Crippen LogP contribution in [0.1, 0.15) is 16.9 Å². The summed E-state index contributed by atoms with van der Waals surface area (Å²) in [5.74, 6) is 0.877. The van der Waals surface area contributed by atoms with Gasteiger partial charge in [0.05, 0.1) is 6.26 Å². The topological polar surface area (TPSA) is 13.1 Å². The van der Waals surface area contributed by atoms with Gasteiger partial charge in [0.2, 0.25) is 0 Å². The summed E-state index contributed by atoms with van der Waals surface area (Å²) in [7, 11) is 0. The summed E-state index contributed by atoms with van der Waals surface area (Å²) in [6, 6.07) is 9.73. The summed E-state index contributed by atoms with van der Waals surface area (Å²) in [6.07, 6.45) is 5.81. The zero-order valence-electron chi connectivity index (χ0n) is 7.91. The molecule has 0 fully saturated rings. The third-order valence-corrected chi connectivity index (χ3v) is 2.83. The largest absolute Gasteiger partial charge is 0.465 e. The van der Waals surface area contributed by atoms with Gasteiger partial charge in [-0.25, -0.2) is 0 Å². The molecule has 0 saturated carbocycles. The van der Waals surface area contributed by atoms with Gasteiger partial charge >= 0.3 is 0 Å². The van der Waals surface area contributed by atoms with Gasteiger partial charge in [-0.15, -0.1) is 0 Å². The fourth-order valence-electron chi connectivity index (χ4n) is 1.78. The van der Waals surface area contributed by atoms with Crippen molar-refractivity contribution in [3.8, 4) is 0 Å². The van der Waals surface area contributed by atoms with Crippen molar-refractivity contribution in [1.82, 2.24) is 0 Å². The molecule has 0 spiro atoms. The van der Waals surface area contributed by atoms with Crippen LogP contribution < -0.4 is 0 Å². The van der Waals surface area contributed by atoms with E-state index in [0.717, 1.165) is 27.5 Å². The Morgan fingerprint density at radius 2 is 2.00 bits per heavy atom. The zero-order valence-corrected chi connectivity index (χ0v) is 8.66. The van der Waals surface area contributed by atoms with Crippen molar-refractivity contribution < 1.29 is 4.42 Å². The molecule has 0 saturated heterocycles. The predicted octanol–water partition coefficient (Wildman–Crippen LogP) is 4.04. The second-order valence-corrected chi connectivity index (χ2v) is 3.87. The zero-order chi connectivity index (χ0) is 10.3. The molecule has 1 nitrogen and oxygen atoms in total. The number of hydrogen-bond acceptors (Lipinski definition) is 1. The quantitative estimate of drug-likeness (QED) is 0.700. The molecule has 1 aromatic heterocycles. The van der Waals surface area contributed by atoms with Crippen molar-refractivity contribution in [2.45, 2.75) is 0 Å². The molecule has 2 aromatic rings. The first-order valence-corrected chi connectivity index (χ1v) is 5.11. The van der Waals surface area contributed by atoms with E-state index in [2.05, 4.69) is 12.5 Å². The Labute approximate surface area is 93.0 Å². The van der Waals surface area contributed by atoms with E-state index >= 15 is 0 Å². The van der Waals surface area contributed by atoms with Crippen molar-refractivity contribution in [1.29, 1.82) is 0 Å². The second-order valence-electron chi connectivity index (χ2n) is 3.46. The van der Waals surface area contributed by atoms with Gasteiger partial charge in [-0.2, -0.15) is 0 Å². The van der Waals surface area contributed by atoms with Crippen LogP contribution in [-0.4, -0.2) is 0 Å². The highest BCUT2D eigenvalue weighted by Gasteiger charge is 2.17. The molecule has 1 radical (unpaired) electrons. The van der Waals surface area contributed by atoms with Gasteiger partial charge in [-0.1, -0.05) is 23.7 Å². The van der Waals surface area contributed by atoms with Crippen LogP contribution in [0.4, 0.5) is 0 Å². The summed E-state index contributed by atoms with van der Waals surface area (Å²) in [5.41, 5.74) is 3.29. The first-order chi connectivity index (χ1) is 7.34. The molecule has 1 heterocycles. The highest BCUT2D eigenvalue weighted by atomic mass is 35.5. The Morgan fingerprint density at radius 1 is 1.07 bits per heavy atom. The monoisotopic (exact) mass is 215 g/mol. The van der Waals surface area contributed by atoms with Crippen molar-refractivity contribution in [3.63, 3.8) is 0 Å². The molecule has 1 aliphatic carbocycles. The maximum Gasteiger partial charge on any atom is 0.130 e. The number of furan rings is 1. The van der Waals surface area contributed by atoms with E-state index in [1.54, 1.807) is 6.26 Å². The second kappa shape index (κ2) is 3.28. The van der Waals surface area contributed by atoms with Crippen LogP contribution in [0.25, 0.3) is 11.6 Å². The van der Waals surface area contributed by atoms with E-state index in [4.69, 9.17) is 16.0 Å². The number of halogens is 1. The van der Waals surface area contributed by atoms with Crippen LogP contribution in [0, 0.1) is 6.42 Å². The molecule has 0 N–H and O–H groups in total. The smallest absolute Gasteiger partial charge is 0.130 e. The molecule has 15 heavy (non-hydrogen) atoms.